The van der Waals surface area contributed by atoms with Crippen molar-refractivity contribution < 1.29 is 13.5 Å². The number of anilines is 1. The fraction of sp³-hybridized carbons (Fsp3) is 0.143. The van der Waals surface area contributed by atoms with E-state index >= 15 is 0 Å². The second-order valence-electron chi connectivity index (χ2n) is 4.04. The van der Waals surface area contributed by atoms with Gasteiger partial charge in [-0.15, -0.1) is 0 Å². The first-order valence-electron chi connectivity index (χ1n) is 5.78. The van der Waals surface area contributed by atoms with E-state index in [2.05, 4.69) is 0 Å². The van der Waals surface area contributed by atoms with Gasteiger partial charge in [-0.05, 0) is 40.9 Å². The molecule has 2 aromatic carbocycles. The van der Waals surface area contributed by atoms with Crippen LogP contribution in [-0.2, 0) is 11.1 Å². The average Bonchev–Trinajstić information content (AvgIpc) is 2.42. The first kappa shape index (κ1) is 13.6. The minimum Gasteiger partial charge on any atom is -0.772 e. The Morgan fingerprint density at radius 1 is 1.11 bits per heavy atom. The van der Waals surface area contributed by atoms with Crippen LogP contribution in [0.5, 0.6) is 5.75 Å². The maximum atomic E-state index is 11.3. The van der Waals surface area contributed by atoms with Gasteiger partial charge in [0.1, 0.15) is 12.4 Å². The molecule has 0 aliphatic heterocycles. The smallest absolute Gasteiger partial charge is 0.119 e. The van der Waals surface area contributed by atoms with Gasteiger partial charge < -0.3 is 15.0 Å². The topological polar surface area (TPSA) is 75.4 Å². The number of ether oxygens (including phenoxy) is 1. The Balaban J connectivity index is 2.06. The van der Waals surface area contributed by atoms with Crippen molar-refractivity contribution >= 4 is 16.8 Å². The number of hydrogen-bond acceptors (Lipinski definition) is 4. The molecule has 0 aliphatic carbocycles. The van der Waals surface area contributed by atoms with Crippen LogP contribution >= 0.6 is 0 Å². The molecule has 2 atom stereocenters. The maximum Gasteiger partial charge on any atom is 0.119 e. The Kier molecular flexibility index (Phi) is 4.54. The third-order valence-corrected chi connectivity index (χ3v) is 3.56. The molecule has 2 N–H and O–H groups in total. The molecule has 0 heterocycles. The standard InChI is InChI=1S/C14H15NO3S/c15-12-6-8-13(9-7-12)18-10-14(19(16)17)11-4-2-1-3-5-11/h1-9,14H,10,15H2,(H,16,17)/p-1. The van der Waals surface area contributed by atoms with Crippen LogP contribution in [0.15, 0.2) is 54.6 Å². The lowest BCUT2D eigenvalue weighted by molar-refractivity contribution is 0.311. The maximum absolute atomic E-state index is 11.3. The zero-order chi connectivity index (χ0) is 13.7. The molecule has 5 heteroatoms. The minimum absolute atomic E-state index is 0.0735. The zero-order valence-electron chi connectivity index (χ0n) is 10.2. The molecular formula is C14H14NO3S-. The van der Waals surface area contributed by atoms with Gasteiger partial charge in [-0.2, -0.15) is 0 Å². The highest BCUT2D eigenvalue weighted by Crippen LogP contribution is 2.21. The van der Waals surface area contributed by atoms with Crippen LogP contribution in [0.3, 0.4) is 0 Å². The highest BCUT2D eigenvalue weighted by molar-refractivity contribution is 7.79. The lowest BCUT2D eigenvalue weighted by Gasteiger charge is -2.20. The first-order chi connectivity index (χ1) is 9.16. The summed E-state index contributed by atoms with van der Waals surface area (Å²) >= 11 is -2.23. The SMILES string of the molecule is Nc1ccc(OCC(c2ccccc2)S(=O)[O-])cc1. The van der Waals surface area contributed by atoms with Gasteiger partial charge in [-0.25, -0.2) is 0 Å². The molecule has 0 bridgehead atoms. The van der Waals surface area contributed by atoms with E-state index in [9.17, 15) is 8.76 Å². The van der Waals surface area contributed by atoms with Crippen molar-refractivity contribution in [2.75, 3.05) is 12.3 Å². The molecule has 4 nitrogen and oxygen atoms in total. The van der Waals surface area contributed by atoms with E-state index in [1.165, 1.54) is 0 Å². The quantitative estimate of drug-likeness (QED) is 0.671. The Morgan fingerprint density at radius 2 is 1.74 bits per heavy atom. The zero-order valence-corrected chi connectivity index (χ0v) is 11.0. The monoisotopic (exact) mass is 276 g/mol. The lowest BCUT2D eigenvalue weighted by atomic mass is 10.1. The summed E-state index contributed by atoms with van der Waals surface area (Å²) in [6.45, 7) is 0.0735. The van der Waals surface area contributed by atoms with Crippen LogP contribution in [0.25, 0.3) is 0 Å². The minimum atomic E-state index is -2.23. The third-order valence-electron chi connectivity index (χ3n) is 2.69. The number of hydrogen-bond donors (Lipinski definition) is 1. The van der Waals surface area contributed by atoms with Gasteiger partial charge in [0.15, 0.2) is 0 Å². The normalized spacial score (nSPS) is 13.7. The van der Waals surface area contributed by atoms with E-state index in [4.69, 9.17) is 10.5 Å². The molecule has 0 saturated carbocycles. The molecule has 0 amide bonds. The van der Waals surface area contributed by atoms with Gasteiger partial charge in [0, 0.05) is 5.69 Å². The molecule has 0 spiro atoms. The van der Waals surface area contributed by atoms with Gasteiger partial charge >= 0.3 is 0 Å². The van der Waals surface area contributed by atoms with Gasteiger partial charge in [-0.3, -0.25) is 4.21 Å². The summed E-state index contributed by atoms with van der Waals surface area (Å²) in [5.41, 5.74) is 6.92. The van der Waals surface area contributed by atoms with E-state index in [0.29, 0.717) is 17.0 Å². The molecule has 19 heavy (non-hydrogen) atoms. The summed E-state index contributed by atoms with van der Waals surface area (Å²) in [6.07, 6.45) is 0. The van der Waals surface area contributed by atoms with Crippen LogP contribution in [0, 0.1) is 0 Å². The van der Waals surface area contributed by atoms with E-state index in [1.54, 1.807) is 48.5 Å². The first-order valence-corrected chi connectivity index (χ1v) is 6.92. The van der Waals surface area contributed by atoms with Crippen molar-refractivity contribution in [2.24, 2.45) is 0 Å². The molecular weight excluding hydrogens is 262 g/mol. The Hall–Kier alpha value is -1.85. The summed E-state index contributed by atoms with van der Waals surface area (Å²) in [5.74, 6) is 0.598. The van der Waals surface area contributed by atoms with E-state index in [-0.39, 0.29) is 6.61 Å². The van der Waals surface area contributed by atoms with Crippen molar-refractivity contribution in [3.8, 4) is 5.75 Å². The molecule has 0 aromatic heterocycles. The van der Waals surface area contributed by atoms with Crippen LogP contribution in [0.1, 0.15) is 10.8 Å². The second-order valence-corrected chi connectivity index (χ2v) is 5.13. The molecule has 2 unspecified atom stereocenters. The molecule has 0 radical (unpaired) electrons. The molecule has 0 aliphatic rings. The van der Waals surface area contributed by atoms with Crippen molar-refractivity contribution in [1.29, 1.82) is 0 Å². The Morgan fingerprint density at radius 3 is 2.32 bits per heavy atom. The fourth-order valence-electron chi connectivity index (χ4n) is 1.67. The van der Waals surface area contributed by atoms with Crippen molar-refractivity contribution in [2.45, 2.75) is 5.25 Å². The van der Waals surface area contributed by atoms with Gasteiger partial charge in [0.25, 0.3) is 0 Å². The summed E-state index contributed by atoms with van der Waals surface area (Å²) in [4.78, 5) is 0. The summed E-state index contributed by atoms with van der Waals surface area (Å²) < 4.78 is 28.0. The van der Waals surface area contributed by atoms with Crippen molar-refractivity contribution in [3.05, 3.63) is 60.2 Å². The van der Waals surface area contributed by atoms with Gasteiger partial charge in [0.05, 0.1) is 5.25 Å². The summed E-state index contributed by atoms with van der Waals surface area (Å²) in [6, 6.07) is 15.8. The number of benzene rings is 2. The van der Waals surface area contributed by atoms with Crippen LogP contribution in [0.4, 0.5) is 5.69 Å². The molecule has 2 aromatic rings. The molecule has 100 valence electrons. The predicted octanol–water partition coefficient (Wildman–Crippen LogP) is 2.27. The second kappa shape index (κ2) is 6.36. The molecule has 2 rings (SSSR count). The van der Waals surface area contributed by atoms with Crippen LogP contribution in [-0.4, -0.2) is 15.4 Å². The molecule has 0 fully saturated rings. The van der Waals surface area contributed by atoms with E-state index < -0.39 is 16.3 Å². The van der Waals surface area contributed by atoms with E-state index in [0.717, 1.165) is 0 Å². The third kappa shape index (κ3) is 3.81. The Labute approximate surface area is 114 Å². The predicted molar refractivity (Wildman–Crippen MR) is 74.5 cm³/mol. The van der Waals surface area contributed by atoms with Crippen molar-refractivity contribution in [3.63, 3.8) is 0 Å². The largest absolute Gasteiger partial charge is 0.772 e. The van der Waals surface area contributed by atoms with Crippen LogP contribution < -0.4 is 10.5 Å². The van der Waals surface area contributed by atoms with Crippen LogP contribution in [0.2, 0.25) is 0 Å². The Bertz CT molecular complexity index is 542. The van der Waals surface area contributed by atoms with Crippen molar-refractivity contribution in [1.82, 2.24) is 0 Å². The highest BCUT2D eigenvalue weighted by atomic mass is 32.2. The van der Waals surface area contributed by atoms with Gasteiger partial charge in [-0.1, -0.05) is 30.3 Å². The van der Waals surface area contributed by atoms with E-state index in [1.807, 2.05) is 6.07 Å². The average molecular weight is 276 g/mol. The fourth-order valence-corrected chi connectivity index (χ4v) is 2.23. The highest BCUT2D eigenvalue weighted by Gasteiger charge is 2.13. The molecule has 0 saturated heterocycles. The number of nitrogens with two attached hydrogens (primary N) is 1. The number of nitrogen functional groups attached to an aromatic ring is 1. The van der Waals surface area contributed by atoms with Gasteiger partial charge in [0.2, 0.25) is 0 Å². The number of rotatable bonds is 5. The lowest BCUT2D eigenvalue weighted by Crippen LogP contribution is -2.15. The summed E-state index contributed by atoms with van der Waals surface area (Å²) in [7, 11) is 0. The summed E-state index contributed by atoms with van der Waals surface area (Å²) in [5, 5.41) is -0.682.